The van der Waals surface area contributed by atoms with Crippen LogP contribution < -0.4 is 4.72 Å². The second-order valence-electron chi connectivity index (χ2n) is 3.78. The monoisotopic (exact) mass is 204 g/mol. The standard InChI is InChI=1S/C9H19NO2S/c11-13(12)10-8-7-9-5-3-1-2-4-6-9/h9-10H,1-8H2,(H,11,12)/p-1. The summed E-state index contributed by atoms with van der Waals surface area (Å²) in [5, 5.41) is 0. The van der Waals surface area contributed by atoms with Gasteiger partial charge in [-0.2, -0.15) is 0 Å². The summed E-state index contributed by atoms with van der Waals surface area (Å²) in [6, 6.07) is 0. The molecule has 1 unspecified atom stereocenters. The van der Waals surface area contributed by atoms with Gasteiger partial charge in [0, 0.05) is 17.8 Å². The maximum atomic E-state index is 10.2. The highest BCUT2D eigenvalue weighted by atomic mass is 32.2. The van der Waals surface area contributed by atoms with Gasteiger partial charge in [0.25, 0.3) is 0 Å². The van der Waals surface area contributed by atoms with Crippen LogP contribution in [0.25, 0.3) is 0 Å². The lowest BCUT2D eigenvalue weighted by Crippen LogP contribution is -2.20. The summed E-state index contributed by atoms with van der Waals surface area (Å²) in [6.07, 6.45) is 8.94. The first kappa shape index (κ1) is 11.1. The van der Waals surface area contributed by atoms with Gasteiger partial charge in [-0.1, -0.05) is 38.5 Å². The Hall–Kier alpha value is 0.0700. The lowest BCUT2D eigenvalue weighted by atomic mass is 9.97. The van der Waals surface area contributed by atoms with Crippen molar-refractivity contribution >= 4 is 11.3 Å². The molecule has 1 aliphatic rings. The molecule has 13 heavy (non-hydrogen) atoms. The maximum absolute atomic E-state index is 10.2. The van der Waals surface area contributed by atoms with Gasteiger partial charge in [-0.15, -0.1) is 0 Å². The summed E-state index contributed by atoms with van der Waals surface area (Å²) >= 11 is -2.07. The minimum absolute atomic E-state index is 0.612. The molecule has 3 nitrogen and oxygen atoms in total. The summed E-state index contributed by atoms with van der Waals surface area (Å²) in [5.41, 5.74) is 0. The molecule has 0 saturated heterocycles. The van der Waals surface area contributed by atoms with Crippen LogP contribution in [0.1, 0.15) is 44.9 Å². The van der Waals surface area contributed by atoms with Gasteiger partial charge in [-0.25, -0.2) is 4.72 Å². The van der Waals surface area contributed by atoms with E-state index in [0.29, 0.717) is 6.54 Å². The van der Waals surface area contributed by atoms with Crippen molar-refractivity contribution in [3.8, 4) is 0 Å². The van der Waals surface area contributed by atoms with E-state index < -0.39 is 11.3 Å². The van der Waals surface area contributed by atoms with Gasteiger partial charge in [-0.05, 0) is 12.3 Å². The van der Waals surface area contributed by atoms with Gasteiger partial charge < -0.3 is 4.55 Å². The minimum atomic E-state index is -2.07. The van der Waals surface area contributed by atoms with Gasteiger partial charge in [0.1, 0.15) is 0 Å². The van der Waals surface area contributed by atoms with Crippen LogP contribution in [-0.4, -0.2) is 15.3 Å². The molecule has 0 spiro atoms. The Bertz CT molecular complexity index is 156. The zero-order valence-corrected chi connectivity index (χ0v) is 8.78. The van der Waals surface area contributed by atoms with E-state index in [9.17, 15) is 8.76 Å². The van der Waals surface area contributed by atoms with E-state index in [-0.39, 0.29) is 0 Å². The van der Waals surface area contributed by atoms with Gasteiger partial charge >= 0.3 is 0 Å². The molecule has 1 atom stereocenters. The first-order chi connectivity index (χ1) is 6.29. The predicted octanol–water partition coefficient (Wildman–Crippen LogP) is 1.73. The van der Waals surface area contributed by atoms with Crippen molar-refractivity contribution in [1.82, 2.24) is 4.72 Å². The Morgan fingerprint density at radius 2 is 1.85 bits per heavy atom. The van der Waals surface area contributed by atoms with Crippen molar-refractivity contribution in [1.29, 1.82) is 0 Å². The largest absolute Gasteiger partial charge is 0.760 e. The fourth-order valence-electron chi connectivity index (χ4n) is 2.00. The third-order valence-corrected chi connectivity index (χ3v) is 3.19. The van der Waals surface area contributed by atoms with Crippen LogP contribution in [0.3, 0.4) is 0 Å². The van der Waals surface area contributed by atoms with E-state index in [1.54, 1.807) is 0 Å². The highest BCUT2D eigenvalue weighted by molar-refractivity contribution is 7.77. The van der Waals surface area contributed by atoms with Crippen LogP contribution in [0.4, 0.5) is 0 Å². The Morgan fingerprint density at radius 1 is 1.23 bits per heavy atom. The molecular weight excluding hydrogens is 186 g/mol. The Balaban J connectivity index is 2.08. The van der Waals surface area contributed by atoms with E-state index in [0.717, 1.165) is 12.3 Å². The van der Waals surface area contributed by atoms with E-state index in [4.69, 9.17) is 0 Å². The molecule has 0 aliphatic heterocycles. The lowest BCUT2D eigenvalue weighted by Gasteiger charge is -2.14. The minimum Gasteiger partial charge on any atom is -0.760 e. The molecule has 0 aromatic heterocycles. The normalized spacial score (nSPS) is 22.5. The average molecular weight is 204 g/mol. The topological polar surface area (TPSA) is 52.2 Å². The Labute approximate surface area is 82.7 Å². The fraction of sp³-hybridized carbons (Fsp3) is 1.00. The smallest absolute Gasteiger partial charge is 0.0181 e. The van der Waals surface area contributed by atoms with Crippen molar-refractivity contribution in [3.63, 3.8) is 0 Å². The quantitative estimate of drug-likeness (QED) is 0.560. The molecule has 1 rings (SSSR count). The predicted molar refractivity (Wildman–Crippen MR) is 52.7 cm³/mol. The van der Waals surface area contributed by atoms with E-state index in [1.165, 1.54) is 38.5 Å². The first-order valence-electron chi connectivity index (χ1n) is 5.12. The average Bonchev–Trinajstić information content (AvgIpc) is 2.32. The van der Waals surface area contributed by atoms with Crippen LogP contribution in [0.15, 0.2) is 0 Å². The van der Waals surface area contributed by atoms with Gasteiger partial charge in [-0.3, -0.25) is 4.21 Å². The third-order valence-electron chi connectivity index (χ3n) is 2.75. The van der Waals surface area contributed by atoms with Crippen molar-refractivity contribution in [2.45, 2.75) is 44.9 Å². The zero-order chi connectivity index (χ0) is 9.52. The van der Waals surface area contributed by atoms with Gasteiger partial charge in [0.15, 0.2) is 0 Å². The zero-order valence-electron chi connectivity index (χ0n) is 7.96. The van der Waals surface area contributed by atoms with Crippen LogP contribution in [0.5, 0.6) is 0 Å². The van der Waals surface area contributed by atoms with Crippen LogP contribution >= 0.6 is 0 Å². The highest BCUT2D eigenvalue weighted by Crippen LogP contribution is 2.24. The molecule has 0 amide bonds. The van der Waals surface area contributed by atoms with E-state index in [1.807, 2.05) is 0 Å². The number of rotatable bonds is 4. The molecule has 1 saturated carbocycles. The summed E-state index contributed by atoms with van der Waals surface area (Å²) in [7, 11) is 0. The molecular formula is C9H18NO2S-. The van der Waals surface area contributed by atoms with Gasteiger partial charge in [0.2, 0.25) is 0 Å². The SMILES string of the molecule is O=S([O-])NCCC1CCCCCC1. The molecule has 1 N–H and O–H groups in total. The number of hydrogen-bond donors (Lipinski definition) is 1. The van der Waals surface area contributed by atoms with E-state index >= 15 is 0 Å². The molecule has 78 valence electrons. The lowest BCUT2D eigenvalue weighted by molar-refractivity contribution is 0.424. The van der Waals surface area contributed by atoms with Crippen LogP contribution in [0.2, 0.25) is 0 Å². The summed E-state index contributed by atoms with van der Waals surface area (Å²) in [5.74, 6) is 0.749. The second-order valence-corrected chi connectivity index (χ2v) is 4.53. The van der Waals surface area contributed by atoms with Crippen molar-refractivity contribution in [2.24, 2.45) is 5.92 Å². The molecule has 0 aromatic carbocycles. The van der Waals surface area contributed by atoms with E-state index in [2.05, 4.69) is 4.72 Å². The third kappa shape index (κ3) is 5.39. The highest BCUT2D eigenvalue weighted by Gasteiger charge is 2.11. The van der Waals surface area contributed by atoms with Crippen molar-refractivity contribution < 1.29 is 8.76 Å². The molecule has 0 radical (unpaired) electrons. The molecule has 0 heterocycles. The molecule has 1 aliphatic carbocycles. The first-order valence-corrected chi connectivity index (χ1v) is 6.19. The molecule has 4 heteroatoms. The number of nitrogens with one attached hydrogen (secondary N) is 1. The molecule has 0 bridgehead atoms. The van der Waals surface area contributed by atoms with Crippen molar-refractivity contribution in [3.05, 3.63) is 0 Å². The maximum Gasteiger partial charge on any atom is 0.0181 e. The fourth-order valence-corrected chi connectivity index (χ4v) is 2.28. The molecule has 0 aromatic rings. The summed E-state index contributed by atoms with van der Waals surface area (Å²) < 4.78 is 22.8. The van der Waals surface area contributed by atoms with Crippen LogP contribution in [0, 0.1) is 5.92 Å². The van der Waals surface area contributed by atoms with Crippen molar-refractivity contribution in [2.75, 3.05) is 6.54 Å². The number of hydrogen-bond acceptors (Lipinski definition) is 2. The summed E-state index contributed by atoms with van der Waals surface area (Å²) in [4.78, 5) is 0. The second kappa shape index (κ2) is 6.51. The van der Waals surface area contributed by atoms with Gasteiger partial charge in [0.05, 0.1) is 0 Å². The summed E-state index contributed by atoms with van der Waals surface area (Å²) in [6.45, 7) is 0.612. The van der Waals surface area contributed by atoms with Crippen LogP contribution in [-0.2, 0) is 11.3 Å². The Morgan fingerprint density at radius 3 is 2.38 bits per heavy atom. The Kier molecular flexibility index (Phi) is 5.58. The molecule has 1 fully saturated rings.